The van der Waals surface area contributed by atoms with E-state index < -0.39 is 0 Å². The van der Waals surface area contributed by atoms with Crippen LogP contribution in [-0.4, -0.2) is 0 Å². The summed E-state index contributed by atoms with van der Waals surface area (Å²) in [7, 11) is 0. The molecule has 0 aliphatic heterocycles. The first kappa shape index (κ1) is 4.28. The molecule has 0 fully saturated rings. The van der Waals surface area contributed by atoms with Gasteiger partial charge in [-0.2, -0.15) is 0 Å². The predicted molar refractivity (Wildman–Crippen MR) is 19.3 cm³/mol. The van der Waals surface area contributed by atoms with E-state index in [-0.39, 0.29) is 0 Å². The van der Waals surface area contributed by atoms with Gasteiger partial charge in [0.25, 0.3) is 0 Å². The summed E-state index contributed by atoms with van der Waals surface area (Å²) in [5.41, 5.74) is 0. The highest BCUT2D eigenvalue weighted by Crippen LogP contribution is 1.57. The fourth-order valence-electron chi connectivity index (χ4n) is 0.0556. The minimum Gasteiger partial charge on any atom is -0.878 e. The molecule has 1 nitrogen and oxygen atoms in total. The zero-order valence-electron chi connectivity index (χ0n) is 2.85. The van der Waals surface area contributed by atoms with Gasteiger partial charge in [0.05, 0.1) is 0 Å². The Kier molecular flexibility index (Phi) is 2.81. The van der Waals surface area contributed by atoms with Gasteiger partial charge in [-0.3, -0.25) is 0 Å². The molecule has 0 aliphatic carbocycles. The quantitative estimate of drug-likeness (QED) is 0.315. The summed E-state index contributed by atoms with van der Waals surface area (Å²) in [6.07, 6.45) is 3.46. The van der Waals surface area contributed by atoms with Crippen molar-refractivity contribution < 1.29 is 5.11 Å². The Morgan fingerprint density at radius 1 is 1.60 bits per heavy atom. The van der Waals surface area contributed by atoms with Crippen LogP contribution in [-0.2, 0) is 0 Å². The zero-order valence-corrected chi connectivity index (χ0v) is 2.85. The van der Waals surface area contributed by atoms with Crippen molar-refractivity contribution in [2.75, 3.05) is 0 Å². The van der Waals surface area contributed by atoms with Crippen LogP contribution in [0.4, 0.5) is 0 Å². The van der Waals surface area contributed by atoms with E-state index in [0.29, 0.717) is 6.26 Å². The van der Waals surface area contributed by atoms with Gasteiger partial charge in [-0.1, -0.05) is 18.7 Å². The van der Waals surface area contributed by atoms with Gasteiger partial charge in [-0.25, -0.2) is 0 Å². The van der Waals surface area contributed by atoms with Crippen LogP contribution in [0.2, 0.25) is 0 Å². The SMILES string of the molecule is C=C/C=C/[O-]. The smallest absolute Gasteiger partial charge is 0.0707 e. The fourth-order valence-corrected chi connectivity index (χ4v) is 0.0556. The number of rotatable bonds is 1. The second-order valence-corrected chi connectivity index (χ2v) is 0.564. The molecule has 0 aromatic carbocycles. The molecule has 0 radical (unpaired) electrons. The van der Waals surface area contributed by atoms with Gasteiger partial charge in [0.15, 0.2) is 0 Å². The highest BCUT2D eigenvalue weighted by Gasteiger charge is 1.34. The van der Waals surface area contributed by atoms with Crippen molar-refractivity contribution in [3.05, 3.63) is 25.0 Å². The lowest BCUT2D eigenvalue weighted by Crippen LogP contribution is -1.81. The zero-order chi connectivity index (χ0) is 4.12. The van der Waals surface area contributed by atoms with Gasteiger partial charge in [0.2, 0.25) is 0 Å². The second kappa shape index (κ2) is 3.28. The number of allylic oxidation sites excluding steroid dienone is 2. The first-order valence-corrected chi connectivity index (χ1v) is 1.31. The number of hydrogen-bond acceptors (Lipinski definition) is 1. The second-order valence-electron chi connectivity index (χ2n) is 0.564. The van der Waals surface area contributed by atoms with Crippen molar-refractivity contribution in [1.82, 2.24) is 0 Å². The molecule has 0 aliphatic rings. The minimum absolute atomic E-state index is 0.688. The molecule has 5 heavy (non-hydrogen) atoms. The summed E-state index contributed by atoms with van der Waals surface area (Å²) < 4.78 is 0. The van der Waals surface area contributed by atoms with Crippen LogP contribution in [0.3, 0.4) is 0 Å². The van der Waals surface area contributed by atoms with E-state index in [1.165, 1.54) is 12.2 Å². The van der Waals surface area contributed by atoms with Crippen LogP contribution in [0.5, 0.6) is 0 Å². The first-order valence-electron chi connectivity index (χ1n) is 1.31. The lowest BCUT2D eigenvalue weighted by Gasteiger charge is -1.77. The van der Waals surface area contributed by atoms with Crippen molar-refractivity contribution in [3.63, 3.8) is 0 Å². The van der Waals surface area contributed by atoms with Gasteiger partial charge >= 0.3 is 0 Å². The van der Waals surface area contributed by atoms with Crippen LogP contribution >= 0.6 is 0 Å². The Balaban J connectivity index is 2.92. The monoisotopic (exact) mass is 69.0 g/mol. The highest BCUT2D eigenvalue weighted by molar-refractivity contribution is 4.91. The standard InChI is InChI=1S/C4H6O/c1-2-3-4-5/h2-5H,1H2/p-1/b4-3+. The maximum atomic E-state index is 9.28. The third-order valence-electron chi connectivity index (χ3n) is 0.215. The Labute approximate surface area is 31.2 Å². The Bertz CT molecular complexity index is 45.6. The highest BCUT2D eigenvalue weighted by atomic mass is 16.2. The van der Waals surface area contributed by atoms with E-state index >= 15 is 0 Å². The van der Waals surface area contributed by atoms with Crippen molar-refractivity contribution in [2.45, 2.75) is 0 Å². The van der Waals surface area contributed by atoms with E-state index in [4.69, 9.17) is 0 Å². The number of hydrogen-bond donors (Lipinski definition) is 0. The summed E-state index contributed by atoms with van der Waals surface area (Å²) >= 11 is 0. The molecule has 0 N–H and O–H groups in total. The molecule has 0 unspecified atom stereocenters. The van der Waals surface area contributed by atoms with Crippen molar-refractivity contribution in [2.24, 2.45) is 0 Å². The third-order valence-corrected chi connectivity index (χ3v) is 0.215. The normalized spacial score (nSPS) is 8.80. The molecule has 0 saturated heterocycles. The summed E-state index contributed by atoms with van der Waals surface area (Å²) in [5.74, 6) is 0. The molecule has 1 heteroatoms. The van der Waals surface area contributed by atoms with E-state index in [1.54, 1.807) is 0 Å². The molecule has 0 spiro atoms. The van der Waals surface area contributed by atoms with Gasteiger partial charge in [-0.15, -0.1) is 6.26 Å². The molecular formula is C4H5O-. The largest absolute Gasteiger partial charge is 0.878 e. The van der Waals surface area contributed by atoms with Crippen LogP contribution in [0.15, 0.2) is 25.0 Å². The van der Waals surface area contributed by atoms with Crippen LogP contribution in [0.25, 0.3) is 0 Å². The minimum atomic E-state index is 0.688. The molecule has 0 rings (SSSR count). The van der Waals surface area contributed by atoms with Crippen LogP contribution in [0.1, 0.15) is 0 Å². The molecule has 0 aromatic heterocycles. The predicted octanol–water partition coefficient (Wildman–Crippen LogP) is 0.0464. The van der Waals surface area contributed by atoms with Crippen LogP contribution in [0, 0.1) is 0 Å². The van der Waals surface area contributed by atoms with E-state index in [0.717, 1.165) is 0 Å². The third kappa shape index (κ3) is 3.28. The Hall–Kier alpha value is -0.720. The molecule has 0 saturated carbocycles. The van der Waals surface area contributed by atoms with Crippen LogP contribution < -0.4 is 5.11 Å². The average Bonchev–Trinajstić information content (AvgIpc) is 1.41. The van der Waals surface area contributed by atoms with E-state index in [2.05, 4.69) is 6.58 Å². The summed E-state index contributed by atoms with van der Waals surface area (Å²) in [5, 5.41) is 9.28. The van der Waals surface area contributed by atoms with Gasteiger partial charge < -0.3 is 5.11 Å². The van der Waals surface area contributed by atoms with Crippen molar-refractivity contribution >= 4 is 0 Å². The lowest BCUT2D eigenvalue weighted by molar-refractivity contribution is -0.274. The summed E-state index contributed by atoms with van der Waals surface area (Å²) in [6, 6.07) is 0. The van der Waals surface area contributed by atoms with Crippen molar-refractivity contribution in [3.8, 4) is 0 Å². The molecular weight excluding hydrogens is 64.0 g/mol. The Morgan fingerprint density at radius 2 is 2.20 bits per heavy atom. The molecule has 28 valence electrons. The fraction of sp³-hybridized carbons (Fsp3) is 0. The molecule has 0 atom stereocenters. The molecule has 0 amide bonds. The van der Waals surface area contributed by atoms with Gasteiger partial charge in [-0.05, 0) is 0 Å². The average molecular weight is 69.1 g/mol. The molecule has 0 bridgehead atoms. The Morgan fingerprint density at radius 3 is 2.20 bits per heavy atom. The van der Waals surface area contributed by atoms with Crippen molar-refractivity contribution in [1.29, 1.82) is 0 Å². The first-order chi connectivity index (χ1) is 2.41. The topological polar surface area (TPSA) is 23.1 Å². The summed E-state index contributed by atoms with van der Waals surface area (Å²) in [4.78, 5) is 0. The van der Waals surface area contributed by atoms with E-state index in [1.807, 2.05) is 0 Å². The summed E-state index contributed by atoms with van der Waals surface area (Å²) in [6.45, 7) is 3.26. The lowest BCUT2D eigenvalue weighted by atomic mass is 10.6. The van der Waals surface area contributed by atoms with E-state index in [9.17, 15) is 5.11 Å². The maximum absolute atomic E-state index is 9.28. The van der Waals surface area contributed by atoms with Gasteiger partial charge in [0.1, 0.15) is 0 Å². The molecule has 0 aromatic rings. The van der Waals surface area contributed by atoms with Gasteiger partial charge in [0, 0.05) is 0 Å². The maximum Gasteiger partial charge on any atom is -0.0707 e. The molecule has 0 heterocycles.